The van der Waals surface area contributed by atoms with Gasteiger partial charge in [-0.05, 0) is 97.6 Å². The number of benzene rings is 2. The van der Waals surface area contributed by atoms with Crippen molar-refractivity contribution in [2.24, 2.45) is 23.7 Å². The minimum atomic E-state index is -0.723. The van der Waals surface area contributed by atoms with Gasteiger partial charge < -0.3 is 44.6 Å². The lowest BCUT2D eigenvalue weighted by atomic mass is 9.90. The first kappa shape index (κ1) is 40.9. The predicted octanol–water partition coefficient (Wildman–Crippen LogP) is 5.84. The molecule has 15 nitrogen and oxygen atoms in total. The molecule has 60 heavy (non-hydrogen) atoms. The smallest absolute Gasteiger partial charge is 0.407 e. The van der Waals surface area contributed by atoms with Crippen molar-refractivity contribution in [2.75, 3.05) is 27.4 Å². The summed E-state index contributed by atoms with van der Waals surface area (Å²) in [5.41, 5.74) is 3.31. The Bertz CT molecular complexity index is 2320. The second kappa shape index (κ2) is 17.0. The van der Waals surface area contributed by atoms with Crippen LogP contribution < -0.4 is 10.6 Å². The van der Waals surface area contributed by atoms with Crippen molar-refractivity contribution in [3.05, 3.63) is 71.7 Å². The highest BCUT2D eigenvalue weighted by Crippen LogP contribution is 2.53. The molecule has 8 atom stereocenters. The van der Waals surface area contributed by atoms with E-state index in [9.17, 15) is 19.2 Å². The number of rotatable bonds is 9. The number of imidazole rings is 2. The SMILES string of the molecule is COC(=O)N[C@H](C(=O)N1[C@H](C)[C@H](C)C[C@H]1c1ncc(-c2ccc3cc(C#Cc4cnc([C@@H]5C[C@H]6C[C@H]6N5C(=O)[C@@H](NC(=O)OC)C5CCOCC5)[nH]4)ccc3c2)[nH]1)C(C)C. The molecule has 0 bridgehead atoms. The number of carbonyl (C=O) groups excluding carboxylic acids is 4. The summed E-state index contributed by atoms with van der Waals surface area (Å²) in [5, 5.41) is 7.63. The quantitative estimate of drug-likeness (QED) is 0.151. The molecule has 0 radical (unpaired) electrons. The van der Waals surface area contributed by atoms with E-state index in [4.69, 9.17) is 19.2 Å². The molecule has 1 saturated carbocycles. The molecule has 4 N–H and O–H groups in total. The van der Waals surface area contributed by atoms with E-state index in [0.29, 0.717) is 49.3 Å². The predicted molar refractivity (Wildman–Crippen MR) is 222 cm³/mol. The molecular formula is C45H54N8O7. The van der Waals surface area contributed by atoms with Crippen LogP contribution >= 0.6 is 0 Å². The Kier molecular flexibility index (Phi) is 11.6. The highest BCUT2D eigenvalue weighted by Gasteiger charge is 2.56. The van der Waals surface area contributed by atoms with Gasteiger partial charge in [0, 0.05) is 36.4 Å². The van der Waals surface area contributed by atoms with Crippen LogP contribution in [-0.4, -0.2) is 105 Å². The Hall–Kier alpha value is -5.88. The van der Waals surface area contributed by atoms with Gasteiger partial charge in [0.1, 0.15) is 29.4 Å². The Morgan fingerprint density at radius 2 is 1.50 bits per heavy atom. The Morgan fingerprint density at radius 1 is 0.817 bits per heavy atom. The molecule has 4 aromatic rings. The van der Waals surface area contributed by atoms with Crippen molar-refractivity contribution in [1.82, 2.24) is 40.4 Å². The number of likely N-dealkylation sites (tertiary alicyclic amines) is 2. The summed E-state index contributed by atoms with van der Waals surface area (Å²) in [6.07, 6.45) is 6.18. The molecule has 0 spiro atoms. The highest BCUT2D eigenvalue weighted by molar-refractivity contribution is 5.89. The van der Waals surface area contributed by atoms with Crippen LogP contribution in [0.4, 0.5) is 9.59 Å². The fourth-order valence-electron chi connectivity index (χ4n) is 9.33. The Morgan fingerprint density at radius 3 is 2.25 bits per heavy atom. The van der Waals surface area contributed by atoms with Crippen molar-refractivity contribution < 1.29 is 33.4 Å². The molecule has 1 aliphatic carbocycles. The summed E-state index contributed by atoms with van der Waals surface area (Å²) in [7, 11) is 2.60. The summed E-state index contributed by atoms with van der Waals surface area (Å²) in [6.45, 7) is 9.11. The van der Waals surface area contributed by atoms with Gasteiger partial charge in [0.05, 0.1) is 44.4 Å². The van der Waals surface area contributed by atoms with Gasteiger partial charge in [-0.2, -0.15) is 0 Å². The number of ether oxygens (including phenoxy) is 3. The molecule has 316 valence electrons. The fourth-order valence-corrected chi connectivity index (χ4v) is 9.33. The number of aromatic nitrogens is 4. The molecule has 3 aliphatic heterocycles. The van der Waals surface area contributed by atoms with Gasteiger partial charge in [-0.25, -0.2) is 19.6 Å². The fraction of sp³-hybridized carbons (Fsp3) is 0.511. The number of nitrogens with zero attached hydrogens (tertiary/aromatic N) is 4. The molecule has 4 aliphatic rings. The van der Waals surface area contributed by atoms with Gasteiger partial charge >= 0.3 is 12.2 Å². The molecule has 2 aromatic carbocycles. The van der Waals surface area contributed by atoms with Gasteiger partial charge in [-0.3, -0.25) is 9.59 Å². The van der Waals surface area contributed by atoms with Crippen molar-refractivity contribution in [3.8, 4) is 23.1 Å². The molecule has 5 heterocycles. The van der Waals surface area contributed by atoms with Gasteiger partial charge in [-0.15, -0.1) is 0 Å². The molecule has 4 amide bonds. The van der Waals surface area contributed by atoms with E-state index in [1.165, 1.54) is 14.2 Å². The number of carbonyl (C=O) groups is 4. The van der Waals surface area contributed by atoms with Crippen LogP contribution in [0.25, 0.3) is 22.0 Å². The lowest BCUT2D eigenvalue weighted by Gasteiger charge is -2.35. The molecule has 15 heteroatoms. The Balaban J connectivity index is 0.957. The van der Waals surface area contributed by atoms with E-state index in [1.807, 2.05) is 55.0 Å². The average Bonchev–Trinajstić information content (AvgIpc) is 3.67. The normalized spacial score (nSPS) is 24.6. The molecule has 2 aromatic heterocycles. The van der Waals surface area contributed by atoms with Crippen LogP contribution in [0, 0.1) is 35.5 Å². The van der Waals surface area contributed by atoms with E-state index in [2.05, 4.69) is 62.5 Å². The second-order valence-corrected chi connectivity index (χ2v) is 17.1. The first-order chi connectivity index (χ1) is 28.9. The maximum Gasteiger partial charge on any atom is 0.407 e. The van der Waals surface area contributed by atoms with Crippen molar-refractivity contribution in [1.29, 1.82) is 0 Å². The van der Waals surface area contributed by atoms with Crippen LogP contribution in [0.5, 0.6) is 0 Å². The molecule has 8 rings (SSSR count). The summed E-state index contributed by atoms with van der Waals surface area (Å²) in [4.78, 5) is 72.6. The Labute approximate surface area is 349 Å². The number of fused-ring (bicyclic) bond motifs is 2. The summed E-state index contributed by atoms with van der Waals surface area (Å²) < 4.78 is 15.2. The summed E-state index contributed by atoms with van der Waals surface area (Å²) in [5.74, 6) is 8.16. The van der Waals surface area contributed by atoms with E-state index in [0.717, 1.165) is 46.9 Å². The van der Waals surface area contributed by atoms with Crippen molar-refractivity contribution in [2.45, 2.75) is 96.1 Å². The summed E-state index contributed by atoms with van der Waals surface area (Å²) >= 11 is 0. The zero-order valence-electron chi connectivity index (χ0n) is 35.0. The number of H-pyrrole nitrogens is 2. The monoisotopic (exact) mass is 818 g/mol. The van der Waals surface area contributed by atoms with E-state index < -0.39 is 24.3 Å². The summed E-state index contributed by atoms with van der Waals surface area (Å²) in [6, 6.07) is 10.5. The number of methoxy groups -OCH3 is 2. The molecule has 4 fully saturated rings. The maximum absolute atomic E-state index is 14.1. The van der Waals surface area contributed by atoms with E-state index >= 15 is 0 Å². The molecular weight excluding hydrogens is 765 g/mol. The lowest BCUT2D eigenvalue weighted by molar-refractivity contribution is -0.138. The van der Waals surface area contributed by atoms with Gasteiger partial charge in [0.2, 0.25) is 11.8 Å². The number of nitrogens with one attached hydrogen (secondary N) is 4. The zero-order chi connectivity index (χ0) is 42.2. The minimum absolute atomic E-state index is 0.0313. The number of amides is 4. The third-order valence-corrected chi connectivity index (χ3v) is 13.0. The minimum Gasteiger partial charge on any atom is -0.453 e. The number of hydrogen-bond donors (Lipinski definition) is 4. The number of hydrogen-bond acceptors (Lipinski definition) is 9. The van der Waals surface area contributed by atoms with Crippen LogP contribution in [0.15, 0.2) is 48.8 Å². The lowest BCUT2D eigenvalue weighted by Crippen LogP contribution is -2.54. The standard InChI is InChI=1S/C45H54N8O7/c1-24(2)38(50-44(56)58-5)42(54)52-26(4)25(3)17-36(52)41-47-23-34(49-41)31-11-10-29-18-27(7-9-30(29)19-31)8-12-33-22-46-40(48-33)37-21-32-20-35(32)53(37)43(55)39(51-45(57)59-6)28-13-15-60-16-14-28/h7,9-11,18-19,22-26,28,32,35-39H,13-17,20-21H2,1-6H3,(H,46,48)(H,47,49)(H,50,56)(H,51,57)/t25-,26-,32-,35-,36+,37+,38+,39+/m1/s1. The van der Waals surface area contributed by atoms with Gasteiger partial charge in [0.15, 0.2) is 0 Å². The van der Waals surface area contributed by atoms with E-state index in [-0.39, 0.29) is 53.7 Å². The van der Waals surface area contributed by atoms with Crippen molar-refractivity contribution in [3.63, 3.8) is 0 Å². The van der Waals surface area contributed by atoms with Crippen molar-refractivity contribution >= 4 is 34.8 Å². The van der Waals surface area contributed by atoms with E-state index in [1.54, 1.807) is 6.20 Å². The first-order valence-corrected chi connectivity index (χ1v) is 21.0. The highest BCUT2D eigenvalue weighted by atomic mass is 16.5. The largest absolute Gasteiger partial charge is 0.453 e. The number of aromatic amines is 2. The van der Waals surface area contributed by atoms with Crippen LogP contribution in [0.2, 0.25) is 0 Å². The van der Waals surface area contributed by atoms with Gasteiger partial charge in [-0.1, -0.05) is 44.9 Å². The van der Waals surface area contributed by atoms with Crippen LogP contribution in [-0.2, 0) is 23.8 Å². The third kappa shape index (κ3) is 8.17. The first-order valence-electron chi connectivity index (χ1n) is 21.0. The molecule has 0 unspecified atom stereocenters. The third-order valence-electron chi connectivity index (χ3n) is 13.0. The average molecular weight is 819 g/mol. The van der Waals surface area contributed by atoms with Crippen LogP contribution in [0.1, 0.15) is 94.8 Å². The van der Waals surface area contributed by atoms with Crippen LogP contribution in [0.3, 0.4) is 0 Å². The zero-order valence-corrected chi connectivity index (χ0v) is 35.0. The second-order valence-electron chi connectivity index (χ2n) is 17.1. The maximum atomic E-state index is 14.1. The van der Waals surface area contributed by atoms with Gasteiger partial charge in [0.25, 0.3) is 0 Å². The molecule has 3 saturated heterocycles. The topological polar surface area (TPSA) is 184 Å². The number of piperidine rings is 1. The number of alkyl carbamates (subject to hydrolysis) is 2.